The molecule has 0 saturated carbocycles. The van der Waals surface area contributed by atoms with Gasteiger partial charge < -0.3 is 5.32 Å². The van der Waals surface area contributed by atoms with E-state index in [-0.39, 0.29) is 0 Å². The first-order valence-electron chi connectivity index (χ1n) is 6.95. The second kappa shape index (κ2) is 6.16. The maximum atomic E-state index is 4.29. The Kier molecular flexibility index (Phi) is 4.09. The van der Waals surface area contributed by atoms with Crippen molar-refractivity contribution in [1.29, 1.82) is 0 Å². The van der Waals surface area contributed by atoms with Crippen LogP contribution in [0.3, 0.4) is 0 Å². The largest absolute Gasteiger partial charge is 0.310 e. The van der Waals surface area contributed by atoms with Crippen LogP contribution >= 0.6 is 11.3 Å². The zero-order chi connectivity index (χ0) is 13.8. The van der Waals surface area contributed by atoms with Crippen LogP contribution in [0, 0.1) is 0 Å². The minimum atomic E-state index is 0.336. The summed E-state index contributed by atoms with van der Waals surface area (Å²) in [5.41, 5.74) is 2.73. The van der Waals surface area contributed by atoms with Crippen LogP contribution in [0.15, 0.2) is 53.5 Å². The van der Waals surface area contributed by atoms with Gasteiger partial charge in [-0.05, 0) is 52.4 Å². The van der Waals surface area contributed by atoms with Gasteiger partial charge in [0.05, 0.1) is 0 Å². The molecule has 1 unspecified atom stereocenters. The number of benzene rings is 1. The maximum Gasteiger partial charge on any atom is 0.0367 e. The molecule has 0 amide bonds. The smallest absolute Gasteiger partial charge is 0.0367 e. The number of hydrogen-bond donors (Lipinski definition) is 1. The Balaban J connectivity index is 2.00. The molecule has 1 atom stereocenters. The van der Waals surface area contributed by atoms with Gasteiger partial charge in [-0.2, -0.15) is 11.3 Å². The first kappa shape index (κ1) is 13.3. The van der Waals surface area contributed by atoms with Gasteiger partial charge >= 0.3 is 0 Å². The fourth-order valence-electron chi connectivity index (χ4n) is 2.62. The van der Waals surface area contributed by atoms with Gasteiger partial charge in [0.25, 0.3) is 0 Å². The standard InChI is InChI=1S/C17H18N2S/c1-2-19-17(10-13-7-9-20-12-13)15-5-3-4-14-6-8-18-11-16(14)15/h3-9,11-12,17,19H,2,10H2,1H3. The number of fused-ring (bicyclic) bond motifs is 1. The summed E-state index contributed by atoms with van der Waals surface area (Å²) in [7, 11) is 0. The summed E-state index contributed by atoms with van der Waals surface area (Å²) in [4.78, 5) is 4.29. The van der Waals surface area contributed by atoms with Gasteiger partial charge in [-0.25, -0.2) is 0 Å². The van der Waals surface area contributed by atoms with E-state index in [0.717, 1.165) is 13.0 Å². The molecule has 0 bridgehead atoms. The SMILES string of the molecule is CCNC(Cc1ccsc1)c1cccc2ccncc12. The summed E-state index contributed by atoms with van der Waals surface area (Å²) in [6.45, 7) is 3.12. The zero-order valence-electron chi connectivity index (χ0n) is 11.5. The number of pyridine rings is 1. The quantitative estimate of drug-likeness (QED) is 0.759. The third-order valence-corrected chi connectivity index (χ3v) is 4.30. The van der Waals surface area contributed by atoms with E-state index < -0.39 is 0 Å². The highest BCUT2D eigenvalue weighted by Gasteiger charge is 2.14. The topological polar surface area (TPSA) is 24.9 Å². The van der Waals surface area contributed by atoms with Gasteiger partial charge in [-0.3, -0.25) is 4.98 Å². The van der Waals surface area contributed by atoms with Gasteiger partial charge in [-0.1, -0.05) is 25.1 Å². The number of thiophene rings is 1. The summed E-state index contributed by atoms with van der Waals surface area (Å²) in [5, 5.41) is 10.5. The van der Waals surface area contributed by atoms with Gasteiger partial charge in [0.15, 0.2) is 0 Å². The highest BCUT2D eigenvalue weighted by atomic mass is 32.1. The van der Waals surface area contributed by atoms with Crippen LogP contribution in [-0.4, -0.2) is 11.5 Å². The lowest BCUT2D eigenvalue weighted by molar-refractivity contribution is 0.554. The number of aromatic nitrogens is 1. The van der Waals surface area contributed by atoms with Crippen molar-refractivity contribution in [2.75, 3.05) is 6.54 Å². The second-order valence-corrected chi connectivity index (χ2v) is 5.67. The molecule has 2 aromatic heterocycles. The highest BCUT2D eigenvalue weighted by molar-refractivity contribution is 7.07. The van der Waals surface area contributed by atoms with E-state index in [0.29, 0.717) is 6.04 Å². The monoisotopic (exact) mass is 282 g/mol. The van der Waals surface area contributed by atoms with Crippen molar-refractivity contribution < 1.29 is 0 Å². The second-order valence-electron chi connectivity index (χ2n) is 4.89. The summed E-state index contributed by atoms with van der Waals surface area (Å²) in [5.74, 6) is 0. The molecule has 0 radical (unpaired) electrons. The summed E-state index contributed by atoms with van der Waals surface area (Å²) < 4.78 is 0. The van der Waals surface area contributed by atoms with E-state index in [1.54, 1.807) is 11.3 Å². The fourth-order valence-corrected chi connectivity index (χ4v) is 3.31. The number of hydrogen-bond acceptors (Lipinski definition) is 3. The number of nitrogens with zero attached hydrogens (tertiary/aromatic N) is 1. The molecule has 1 aromatic carbocycles. The Morgan fingerprint density at radius 1 is 1.25 bits per heavy atom. The van der Waals surface area contributed by atoms with Crippen LogP contribution in [-0.2, 0) is 6.42 Å². The van der Waals surface area contributed by atoms with Crippen LogP contribution in [0.25, 0.3) is 10.8 Å². The fraction of sp³-hybridized carbons (Fsp3) is 0.235. The van der Waals surface area contributed by atoms with Crippen LogP contribution < -0.4 is 5.32 Å². The maximum absolute atomic E-state index is 4.29. The summed E-state index contributed by atoms with van der Waals surface area (Å²) in [6, 6.07) is 11.1. The van der Waals surface area contributed by atoms with Gasteiger partial charge in [-0.15, -0.1) is 0 Å². The molecule has 20 heavy (non-hydrogen) atoms. The van der Waals surface area contributed by atoms with Crippen molar-refractivity contribution in [2.45, 2.75) is 19.4 Å². The Hall–Kier alpha value is -1.71. The van der Waals surface area contributed by atoms with Gasteiger partial charge in [0.1, 0.15) is 0 Å². The van der Waals surface area contributed by atoms with Gasteiger partial charge in [0, 0.05) is 23.8 Å². The van der Waals surface area contributed by atoms with E-state index in [1.807, 2.05) is 12.4 Å². The van der Waals surface area contributed by atoms with Crippen LogP contribution in [0.1, 0.15) is 24.1 Å². The molecule has 2 heterocycles. The normalized spacial score (nSPS) is 12.7. The molecule has 0 spiro atoms. The van der Waals surface area contributed by atoms with Crippen LogP contribution in [0.4, 0.5) is 0 Å². The molecule has 0 fully saturated rings. The first-order valence-corrected chi connectivity index (χ1v) is 7.90. The molecular weight excluding hydrogens is 264 g/mol. The average molecular weight is 282 g/mol. The number of rotatable bonds is 5. The molecule has 1 N–H and O–H groups in total. The lowest BCUT2D eigenvalue weighted by Crippen LogP contribution is -2.23. The van der Waals surface area contributed by atoms with E-state index in [2.05, 4.69) is 58.3 Å². The molecule has 0 aliphatic rings. The molecule has 0 saturated heterocycles. The zero-order valence-corrected chi connectivity index (χ0v) is 12.4. The highest BCUT2D eigenvalue weighted by Crippen LogP contribution is 2.26. The molecule has 0 aliphatic heterocycles. The lowest BCUT2D eigenvalue weighted by Gasteiger charge is -2.19. The van der Waals surface area contributed by atoms with E-state index >= 15 is 0 Å². The Bertz CT molecular complexity index is 671. The van der Waals surface area contributed by atoms with E-state index in [1.165, 1.54) is 21.9 Å². The molecule has 3 heteroatoms. The summed E-state index contributed by atoms with van der Waals surface area (Å²) in [6.07, 6.45) is 4.85. The third-order valence-electron chi connectivity index (χ3n) is 3.56. The van der Waals surface area contributed by atoms with Crippen molar-refractivity contribution in [3.05, 3.63) is 64.6 Å². The summed E-state index contributed by atoms with van der Waals surface area (Å²) >= 11 is 1.76. The van der Waals surface area contributed by atoms with E-state index in [4.69, 9.17) is 0 Å². The number of likely N-dealkylation sites (N-methyl/N-ethyl adjacent to an activating group) is 1. The molecular formula is C17H18N2S. The Morgan fingerprint density at radius 3 is 3.00 bits per heavy atom. The van der Waals surface area contributed by atoms with Crippen molar-refractivity contribution in [3.8, 4) is 0 Å². The Labute approximate surface area is 123 Å². The van der Waals surface area contributed by atoms with Crippen molar-refractivity contribution in [2.24, 2.45) is 0 Å². The van der Waals surface area contributed by atoms with Crippen LogP contribution in [0.5, 0.6) is 0 Å². The minimum absolute atomic E-state index is 0.336. The Morgan fingerprint density at radius 2 is 2.20 bits per heavy atom. The molecule has 3 rings (SSSR count). The van der Waals surface area contributed by atoms with Crippen LogP contribution in [0.2, 0.25) is 0 Å². The van der Waals surface area contributed by atoms with E-state index in [9.17, 15) is 0 Å². The molecule has 3 aromatic rings. The molecule has 0 aliphatic carbocycles. The molecule has 2 nitrogen and oxygen atoms in total. The minimum Gasteiger partial charge on any atom is -0.310 e. The molecule has 102 valence electrons. The van der Waals surface area contributed by atoms with Crippen molar-refractivity contribution >= 4 is 22.1 Å². The van der Waals surface area contributed by atoms with Crippen molar-refractivity contribution in [1.82, 2.24) is 10.3 Å². The van der Waals surface area contributed by atoms with Crippen molar-refractivity contribution in [3.63, 3.8) is 0 Å². The first-order chi connectivity index (χ1) is 9.88. The predicted octanol–water partition coefficient (Wildman–Crippen LogP) is 4.19. The number of nitrogens with one attached hydrogen (secondary N) is 1. The van der Waals surface area contributed by atoms with Gasteiger partial charge in [0.2, 0.25) is 0 Å². The predicted molar refractivity (Wildman–Crippen MR) is 86.2 cm³/mol. The lowest BCUT2D eigenvalue weighted by atomic mass is 9.96. The average Bonchev–Trinajstić information content (AvgIpc) is 2.99. The third kappa shape index (κ3) is 2.74.